The molecule has 4 heteroatoms. The van der Waals surface area contributed by atoms with Gasteiger partial charge in [0.05, 0.1) is 6.04 Å². The third-order valence-corrected chi connectivity index (χ3v) is 3.36. The predicted molar refractivity (Wildman–Crippen MR) is 71.7 cm³/mol. The van der Waals surface area contributed by atoms with E-state index in [4.69, 9.17) is 5.84 Å². The maximum Gasteiger partial charge on any atom is 0.123 e. The van der Waals surface area contributed by atoms with Gasteiger partial charge < -0.3 is 5.43 Å². The first-order chi connectivity index (χ1) is 8.78. The Labute approximate surface area is 107 Å². The number of hydrazine groups is 1. The highest BCUT2D eigenvalue weighted by molar-refractivity contribution is 5.84. The van der Waals surface area contributed by atoms with Crippen molar-refractivity contribution in [3.8, 4) is 0 Å². The first-order valence-corrected chi connectivity index (χ1v) is 6.55. The van der Waals surface area contributed by atoms with Crippen molar-refractivity contribution in [1.82, 2.24) is 5.43 Å². The molecule has 0 unspecified atom stereocenters. The third kappa shape index (κ3) is 3.81. The molecule has 98 valence electrons. The molecule has 1 aromatic rings. The van der Waals surface area contributed by atoms with Crippen LogP contribution in [0.1, 0.15) is 37.7 Å². The van der Waals surface area contributed by atoms with E-state index in [2.05, 4.69) is 10.4 Å². The van der Waals surface area contributed by atoms with Crippen molar-refractivity contribution >= 4 is 5.84 Å². The molecule has 0 bridgehead atoms. The van der Waals surface area contributed by atoms with Gasteiger partial charge in [0.2, 0.25) is 0 Å². The summed E-state index contributed by atoms with van der Waals surface area (Å²) in [6, 6.07) is 6.85. The Balaban J connectivity index is 1.99. The molecule has 0 spiro atoms. The zero-order valence-corrected chi connectivity index (χ0v) is 10.5. The van der Waals surface area contributed by atoms with E-state index in [0.717, 1.165) is 24.2 Å². The van der Waals surface area contributed by atoms with Crippen LogP contribution >= 0.6 is 0 Å². The first kappa shape index (κ1) is 13.0. The van der Waals surface area contributed by atoms with Gasteiger partial charge in [-0.1, -0.05) is 31.4 Å². The average Bonchev–Trinajstić information content (AvgIpc) is 2.41. The van der Waals surface area contributed by atoms with Crippen LogP contribution in [-0.4, -0.2) is 11.9 Å². The van der Waals surface area contributed by atoms with Gasteiger partial charge in [-0.2, -0.15) is 0 Å². The fourth-order valence-corrected chi connectivity index (χ4v) is 2.36. The smallest absolute Gasteiger partial charge is 0.123 e. The minimum atomic E-state index is -0.217. The zero-order chi connectivity index (χ0) is 12.8. The fourth-order valence-electron chi connectivity index (χ4n) is 2.36. The maximum absolute atomic E-state index is 12.8. The molecule has 3 N–H and O–H groups in total. The van der Waals surface area contributed by atoms with Crippen LogP contribution in [0.3, 0.4) is 0 Å². The number of rotatable bonds is 3. The van der Waals surface area contributed by atoms with Crippen LogP contribution in [0.2, 0.25) is 0 Å². The van der Waals surface area contributed by atoms with Crippen molar-refractivity contribution in [2.24, 2.45) is 10.8 Å². The summed E-state index contributed by atoms with van der Waals surface area (Å²) < 4.78 is 12.8. The molecule has 0 radical (unpaired) electrons. The van der Waals surface area contributed by atoms with E-state index in [1.807, 2.05) is 0 Å². The van der Waals surface area contributed by atoms with Crippen molar-refractivity contribution in [2.45, 2.75) is 44.6 Å². The van der Waals surface area contributed by atoms with Crippen LogP contribution in [0, 0.1) is 5.82 Å². The Hall–Kier alpha value is -1.42. The van der Waals surface area contributed by atoms with Gasteiger partial charge in [0.1, 0.15) is 11.7 Å². The maximum atomic E-state index is 12.8. The summed E-state index contributed by atoms with van der Waals surface area (Å²) in [4.78, 5) is 4.66. The van der Waals surface area contributed by atoms with E-state index < -0.39 is 0 Å². The topological polar surface area (TPSA) is 50.4 Å². The van der Waals surface area contributed by atoms with E-state index >= 15 is 0 Å². The van der Waals surface area contributed by atoms with Crippen molar-refractivity contribution in [2.75, 3.05) is 0 Å². The Morgan fingerprint density at radius 1 is 1.22 bits per heavy atom. The second kappa shape index (κ2) is 6.50. The van der Waals surface area contributed by atoms with E-state index in [0.29, 0.717) is 12.5 Å². The number of aliphatic imine (C=N–C) groups is 1. The predicted octanol–water partition coefficient (Wildman–Crippen LogP) is 2.56. The Bertz CT molecular complexity index is 394. The Morgan fingerprint density at radius 3 is 2.50 bits per heavy atom. The summed E-state index contributed by atoms with van der Waals surface area (Å²) in [5, 5.41) is 0. The molecule has 0 aliphatic heterocycles. The van der Waals surface area contributed by atoms with Crippen LogP contribution in [0.15, 0.2) is 29.3 Å². The van der Waals surface area contributed by atoms with Gasteiger partial charge in [0, 0.05) is 6.42 Å². The molecule has 3 nitrogen and oxygen atoms in total. The molecule has 0 atom stereocenters. The highest BCUT2D eigenvalue weighted by Crippen LogP contribution is 2.20. The largest absolute Gasteiger partial charge is 0.312 e. The zero-order valence-electron chi connectivity index (χ0n) is 10.5. The van der Waals surface area contributed by atoms with Gasteiger partial charge in [-0.25, -0.2) is 10.2 Å². The lowest BCUT2D eigenvalue weighted by Gasteiger charge is -2.19. The monoisotopic (exact) mass is 249 g/mol. The molecule has 0 saturated heterocycles. The highest BCUT2D eigenvalue weighted by atomic mass is 19.1. The standard InChI is InChI=1S/C14H20FN3/c15-12-8-6-11(7-9-12)10-14(18-16)17-13-4-2-1-3-5-13/h6-9,13H,1-5,10,16H2,(H,17,18). The SMILES string of the molecule is NNC(Cc1ccc(F)cc1)=NC1CCCCC1. The number of hydrogen-bond donors (Lipinski definition) is 2. The van der Waals surface area contributed by atoms with E-state index in [1.165, 1.54) is 31.4 Å². The summed E-state index contributed by atoms with van der Waals surface area (Å²) in [6.07, 6.45) is 6.75. The average molecular weight is 249 g/mol. The number of hydrogen-bond acceptors (Lipinski definition) is 2. The van der Waals surface area contributed by atoms with Crippen molar-refractivity contribution < 1.29 is 4.39 Å². The fraction of sp³-hybridized carbons (Fsp3) is 0.500. The number of nitrogens with zero attached hydrogens (tertiary/aromatic N) is 1. The van der Waals surface area contributed by atoms with E-state index in [1.54, 1.807) is 12.1 Å². The van der Waals surface area contributed by atoms with Crippen LogP contribution in [0.25, 0.3) is 0 Å². The Kier molecular flexibility index (Phi) is 4.70. The molecule has 1 aromatic carbocycles. The quantitative estimate of drug-likeness (QED) is 0.374. The van der Waals surface area contributed by atoms with Gasteiger partial charge >= 0.3 is 0 Å². The molecule has 2 rings (SSSR count). The summed E-state index contributed by atoms with van der Waals surface area (Å²) in [7, 11) is 0. The van der Waals surface area contributed by atoms with Crippen molar-refractivity contribution in [3.63, 3.8) is 0 Å². The lowest BCUT2D eigenvalue weighted by molar-refractivity contribution is 0.442. The Morgan fingerprint density at radius 2 is 1.89 bits per heavy atom. The van der Waals surface area contributed by atoms with Gasteiger partial charge in [-0.05, 0) is 30.5 Å². The number of nitrogens with two attached hydrogens (primary N) is 1. The van der Waals surface area contributed by atoms with Gasteiger partial charge in [0.25, 0.3) is 0 Å². The number of nitrogens with one attached hydrogen (secondary N) is 1. The van der Waals surface area contributed by atoms with Crippen molar-refractivity contribution in [1.29, 1.82) is 0 Å². The minimum absolute atomic E-state index is 0.217. The number of benzene rings is 1. The summed E-state index contributed by atoms with van der Waals surface area (Å²) in [6.45, 7) is 0. The molecule has 1 aliphatic carbocycles. The lowest BCUT2D eigenvalue weighted by atomic mass is 9.96. The minimum Gasteiger partial charge on any atom is -0.312 e. The second-order valence-electron chi connectivity index (χ2n) is 4.82. The molecular formula is C14H20FN3. The molecule has 1 saturated carbocycles. The normalized spacial score (nSPS) is 17.8. The van der Waals surface area contributed by atoms with Crippen LogP contribution in [0.5, 0.6) is 0 Å². The van der Waals surface area contributed by atoms with Gasteiger partial charge in [-0.15, -0.1) is 0 Å². The van der Waals surface area contributed by atoms with Crippen LogP contribution < -0.4 is 11.3 Å². The molecule has 1 aliphatic rings. The molecule has 1 fully saturated rings. The van der Waals surface area contributed by atoms with Crippen LogP contribution in [0.4, 0.5) is 4.39 Å². The molecule has 18 heavy (non-hydrogen) atoms. The van der Waals surface area contributed by atoms with Gasteiger partial charge in [0.15, 0.2) is 0 Å². The van der Waals surface area contributed by atoms with Crippen LogP contribution in [-0.2, 0) is 6.42 Å². The summed E-state index contributed by atoms with van der Waals surface area (Å²) in [5.74, 6) is 6.08. The lowest BCUT2D eigenvalue weighted by Crippen LogP contribution is -2.33. The van der Waals surface area contributed by atoms with Crippen molar-refractivity contribution in [3.05, 3.63) is 35.6 Å². The third-order valence-electron chi connectivity index (χ3n) is 3.36. The number of amidine groups is 1. The first-order valence-electron chi connectivity index (χ1n) is 6.55. The molecular weight excluding hydrogens is 229 g/mol. The summed E-state index contributed by atoms with van der Waals surface area (Å²) >= 11 is 0. The highest BCUT2D eigenvalue weighted by Gasteiger charge is 2.13. The summed E-state index contributed by atoms with van der Waals surface area (Å²) in [5.41, 5.74) is 3.69. The number of halogens is 1. The van der Waals surface area contributed by atoms with E-state index in [9.17, 15) is 4.39 Å². The molecule has 0 aromatic heterocycles. The molecule has 0 heterocycles. The van der Waals surface area contributed by atoms with Gasteiger partial charge in [-0.3, -0.25) is 4.99 Å². The van der Waals surface area contributed by atoms with E-state index in [-0.39, 0.29) is 5.82 Å². The second-order valence-corrected chi connectivity index (χ2v) is 4.82. The molecule has 0 amide bonds.